The first-order valence-electron chi connectivity index (χ1n) is 8.99. The highest BCUT2D eigenvalue weighted by molar-refractivity contribution is 9.10. The van der Waals surface area contributed by atoms with Crippen molar-refractivity contribution in [2.75, 3.05) is 6.54 Å². The molecule has 26 heavy (non-hydrogen) atoms. The summed E-state index contributed by atoms with van der Waals surface area (Å²) in [4.78, 5) is 38.6. The maximum Gasteiger partial charge on any atom is 0.325 e. The molecule has 1 unspecified atom stereocenters. The van der Waals surface area contributed by atoms with Gasteiger partial charge in [0.1, 0.15) is 12.1 Å². The van der Waals surface area contributed by atoms with Crippen LogP contribution in [0.25, 0.3) is 0 Å². The van der Waals surface area contributed by atoms with Crippen LogP contribution in [0.1, 0.15) is 45.1 Å². The van der Waals surface area contributed by atoms with Crippen molar-refractivity contribution >= 4 is 33.8 Å². The molecule has 6 nitrogen and oxygen atoms in total. The van der Waals surface area contributed by atoms with Crippen LogP contribution in [0, 0.1) is 5.92 Å². The minimum absolute atomic E-state index is 0.133. The Kier molecular flexibility index (Phi) is 5.37. The molecule has 140 valence electrons. The average Bonchev–Trinajstić information content (AvgIpc) is 2.81. The summed E-state index contributed by atoms with van der Waals surface area (Å²) in [6.07, 6.45) is 4.08. The van der Waals surface area contributed by atoms with Gasteiger partial charge in [-0.2, -0.15) is 0 Å². The molecule has 3 rings (SSSR count). The van der Waals surface area contributed by atoms with E-state index in [1.54, 1.807) is 13.0 Å². The summed E-state index contributed by atoms with van der Waals surface area (Å²) in [5.41, 5.74) is -0.514. The Balaban J connectivity index is 1.67. The highest BCUT2D eigenvalue weighted by atomic mass is 79.9. The summed E-state index contributed by atoms with van der Waals surface area (Å²) in [5, 5.41) is 5.69. The monoisotopic (exact) mass is 421 g/mol. The van der Waals surface area contributed by atoms with Crippen LogP contribution in [0.5, 0.6) is 0 Å². The van der Waals surface area contributed by atoms with Crippen molar-refractivity contribution in [3.05, 3.63) is 34.3 Å². The van der Waals surface area contributed by atoms with Gasteiger partial charge in [0.05, 0.1) is 0 Å². The fraction of sp³-hybridized carbons (Fsp3) is 0.526. The van der Waals surface area contributed by atoms with E-state index in [1.807, 2.05) is 18.2 Å². The van der Waals surface area contributed by atoms with E-state index in [0.717, 1.165) is 35.1 Å². The maximum atomic E-state index is 12.9. The first-order chi connectivity index (χ1) is 12.3. The lowest BCUT2D eigenvalue weighted by Crippen LogP contribution is -2.46. The Bertz CT molecular complexity index is 730. The third-order valence-electron chi connectivity index (χ3n) is 5.37. The van der Waals surface area contributed by atoms with Crippen LogP contribution in [-0.4, -0.2) is 35.3 Å². The molecule has 4 amide bonds. The third-order valence-corrected chi connectivity index (χ3v) is 6.06. The largest absolute Gasteiger partial charge is 0.352 e. The molecule has 2 N–H and O–H groups in total. The zero-order valence-corrected chi connectivity index (χ0v) is 16.6. The molecule has 0 radical (unpaired) electrons. The van der Waals surface area contributed by atoms with E-state index in [2.05, 4.69) is 33.5 Å². The van der Waals surface area contributed by atoms with E-state index in [1.165, 1.54) is 0 Å². The minimum Gasteiger partial charge on any atom is -0.352 e. The van der Waals surface area contributed by atoms with Crippen LogP contribution < -0.4 is 10.6 Å². The lowest BCUT2D eigenvalue weighted by molar-refractivity contribution is -0.135. The molecule has 1 atom stereocenters. The van der Waals surface area contributed by atoms with Gasteiger partial charge in [0, 0.05) is 16.1 Å². The van der Waals surface area contributed by atoms with Crippen LogP contribution in [-0.2, 0) is 15.1 Å². The van der Waals surface area contributed by atoms with Crippen molar-refractivity contribution in [1.82, 2.24) is 15.5 Å². The molecule has 1 heterocycles. The number of nitrogens with zero attached hydrogens (tertiary/aromatic N) is 1. The van der Waals surface area contributed by atoms with Gasteiger partial charge < -0.3 is 10.6 Å². The number of carbonyl (C=O) groups excluding carboxylic acids is 3. The van der Waals surface area contributed by atoms with Gasteiger partial charge in [-0.15, -0.1) is 0 Å². The number of urea groups is 1. The average molecular weight is 422 g/mol. The molecule has 1 aliphatic carbocycles. The zero-order chi connectivity index (χ0) is 18.9. The Morgan fingerprint density at radius 1 is 1.27 bits per heavy atom. The number of carbonyl (C=O) groups is 3. The normalized spacial score (nSPS) is 28.8. The summed E-state index contributed by atoms with van der Waals surface area (Å²) in [5.74, 6) is -0.00892. The highest BCUT2D eigenvalue weighted by Crippen LogP contribution is 2.33. The fourth-order valence-corrected chi connectivity index (χ4v) is 4.39. The van der Waals surface area contributed by atoms with E-state index in [0.29, 0.717) is 11.5 Å². The quantitative estimate of drug-likeness (QED) is 0.733. The van der Waals surface area contributed by atoms with Gasteiger partial charge >= 0.3 is 6.03 Å². The van der Waals surface area contributed by atoms with Crippen molar-refractivity contribution in [3.8, 4) is 0 Å². The molecular weight excluding hydrogens is 398 g/mol. The number of rotatable bonds is 4. The number of hydrogen-bond acceptors (Lipinski definition) is 3. The molecule has 1 saturated heterocycles. The van der Waals surface area contributed by atoms with E-state index >= 15 is 0 Å². The van der Waals surface area contributed by atoms with Gasteiger partial charge in [-0.05, 0) is 44.6 Å². The number of amides is 4. The predicted octanol–water partition coefficient (Wildman–Crippen LogP) is 2.91. The Labute approximate surface area is 161 Å². The molecule has 1 aromatic carbocycles. The van der Waals surface area contributed by atoms with Gasteiger partial charge in [0.15, 0.2) is 0 Å². The van der Waals surface area contributed by atoms with Gasteiger partial charge in [0.2, 0.25) is 5.91 Å². The Hall–Kier alpha value is -1.89. The van der Waals surface area contributed by atoms with E-state index < -0.39 is 17.5 Å². The van der Waals surface area contributed by atoms with Gasteiger partial charge in [-0.3, -0.25) is 14.5 Å². The predicted molar refractivity (Wildman–Crippen MR) is 101 cm³/mol. The first kappa shape index (κ1) is 18.9. The molecule has 0 bridgehead atoms. The minimum atomic E-state index is -1.18. The number of hydrogen-bond donors (Lipinski definition) is 2. The summed E-state index contributed by atoms with van der Waals surface area (Å²) >= 11 is 3.43. The molecule has 1 aromatic rings. The molecule has 1 aliphatic heterocycles. The summed E-state index contributed by atoms with van der Waals surface area (Å²) in [6.45, 7) is 3.62. The standard InChI is InChI=1S/C19H24BrN3O3/c1-12-7-9-13(10-8-12)21-16(24)11-23-17(25)19(2,22-18(23)26)14-5-3-4-6-15(14)20/h3-6,12-13H,7-11H2,1-2H3,(H,21,24)(H,22,26). The lowest BCUT2D eigenvalue weighted by Gasteiger charge is -2.27. The van der Waals surface area contributed by atoms with Crippen molar-refractivity contribution < 1.29 is 14.4 Å². The number of imide groups is 1. The van der Waals surface area contributed by atoms with Crippen molar-refractivity contribution in [2.24, 2.45) is 5.92 Å². The van der Waals surface area contributed by atoms with Crippen LogP contribution >= 0.6 is 15.9 Å². The smallest absolute Gasteiger partial charge is 0.325 e. The summed E-state index contributed by atoms with van der Waals surface area (Å²) < 4.78 is 0.735. The molecule has 2 fully saturated rings. The second-order valence-corrected chi connectivity index (χ2v) is 8.30. The second kappa shape index (κ2) is 7.39. The molecule has 0 spiro atoms. The van der Waals surface area contributed by atoms with Crippen LogP contribution in [0.15, 0.2) is 28.7 Å². The van der Waals surface area contributed by atoms with Crippen LogP contribution in [0.2, 0.25) is 0 Å². The number of halogens is 1. The zero-order valence-electron chi connectivity index (χ0n) is 15.0. The Morgan fingerprint density at radius 2 is 1.92 bits per heavy atom. The fourth-order valence-electron chi connectivity index (χ4n) is 3.71. The van der Waals surface area contributed by atoms with Gasteiger partial charge in [0.25, 0.3) is 5.91 Å². The van der Waals surface area contributed by atoms with Gasteiger partial charge in [-0.25, -0.2) is 4.79 Å². The summed E-state index contributed by atoms with van der Waals surface area (Å²) in [6, 6.07) is 6.85. The molecule has 1 saturated carbocycles. The SMILES string of the molecule is CC1CCC(NC(=O)CN2C(=O)NC(C)(c3ccccc3Br)C2=O)CC1. The number of nitrogens with one attached hydrogen (secondary N) is 2. The Morgan fingerprint density at radius 3 is 2.58 bits per heavy atom. The van der Waals surface area contributed by atoms with E-state index in [-0.39, 0.29) is 18.5 Å². The van der Waals surface area contributed by atoms with E-state index in [4.69, 9.17) is 0 Å². The molecule has 7 heteroatoms. The van der Waals surface area contributed by atoms with Crippen LogP contribution in [0.4, 0.5) is 4.79 Å². The van der Waals surface area contributed by atoms with Gasteiger partial charge in [-0.1, -0.05) is 41.1 Å². The molecular formula is C19H24BrN3O3. The summed E-state index contributed by atoms with van der Waals surface area (Å²) in [7, 11) is 0. The topological polar surface area (TPSA) is 78.5 Å². The van der Waals surface area contributed by atoms with Crippen LogP contribution in [0.3, 0.4) is 0 Å². The van der Waals surface area contributed by atoms with Crippen molar-refractivity contribution in [1.29, 1.82) is 0 Å². The van der Waals surface area contributed by atoms with Crippen molar-refractivity contribution in [2.45, 2.75) is 51.1 Å². The molecule has 2 aliphatic rings. The first-order valence-corrected chi connectivity index (χ1v) is 9.79. The third kappa shape index (κ3) is 3.63. The number of benzene rings is 1. The highest BCUT2D eigenvalue weighted by Gasteiger charge is 2.50. The molecule has 0 aromatic heterocycles. The second-order valence-electron chi connectivity index (χ2n) is 7.45. The van der Waals surface area contributed by atoms with E-state index in [9.17, 15) is 14.4 Å². The van der Waals surface area contributed by atoms with Crippen molar-refractivity contribution in [3.63, 3.8) is 0 Å². The maximum absolute atomic E-state index is 12.9. The lowest BCUT2D eigenvalue weighted by atomic mass is 9.87.